The molecule has 0 saturated heterocycles. The molecule has 12 heteroatoms. The van der Waals surface area contributed by atoms with E-state index in [1.165, 1.54) is 0 Å². The van der Waals surface area contributed by atoms with Crippen LogP contribution in [-0.4, -0.2) is 80.2 Å². The Morgan fingerprint density at radius 1 is 1.10 bits per heavy atom. The summed E-state index contributed by atoms with van der Waals surface area (Å²) in [6, 6.07) is -1.42. The molecule has 0 heterocycles. The minimum atomic E-state index is -1.82. The number of carboxylic acid groups (broad SMARTS) is 2. The van der Waals surface area contributed by atoms with Gasteiger partial charge in [-0.25, -0.2) is 4.79 Å². The largest absolute Gasteiger partial charge is 0.481 e. The van der Waals surface area contributed by atoms with E-state index in [1.54, 1.807) is 12.2 Å². The number of carboxylic acids is 2. The van der Waals surface area contributed by atoms with E-state index >= 15 is 0 Å². The number of carbonyl (C=O) groups is 6. The predicted octanol–water partition coefficient (Wildman–Crippen LogP) is 1.32. The number of esters is 1. The first-order chi connectivity index (χ1) is 19.6. The highest BCUT2D eigenvalue weighted by Crippen LogP contribution is 2.67. The first kappa shape index (κ1) is 31.6. The van der Waals surface area contributed by atoms with E-state index < -0.39 is 84.0 Å². The van der Waals surface area contributed by atoms with Crippen LogP contribution in [0.15, 0.2) is 23.8 Å². The Hall–Kier alpha value is -3.38. The highest BCUT2D eigenvalue weighted by atomic mass is 16.5. The molecule has 1 amide bonds. The molecule has 12 nitrogen and oxygen atoms in total. The molecular formula is C30H39NO11. The number of nitrogens with one attached hydrogen (secondary N) is 1. The molecule has 0 aromatic heterocycles. The maximum Gasteiger partial charge on any atom is 0.326 e. The van der Waals surface area contributed by atoms with Gasteiger partial charge in [-0.2, -0.15) is 0 Å². The third-order valence-electron chi connectivity index (χ3n) is 10.3. The third kappa shape index (κ3) is 5.66. The van der Waals surface area contributed by atoms with Gasteiger partial charge in [0.25, 0.3) is 0 Å². The van der Waals surface area contributed by atoms with Gasteiger partial charge in [0.05, 0.1) is 12.5 Å². The van der Waals surface area contributed by atoms with E-state index in [0.717, 1.165) is 12.0 Å². The monoisotopic (exact) mass is 589 g/mol. The van der Waals surface area contributed by atoms with Crippen LogP contribution in [0.3, 0.4) is 0 Å². The molecule has 5 N–H and O–H groups in total. The molecule has 3 fully saturated rings. The second-order valence-electron chi connectivity index (χ2n) is 12.6. The van der Waals surface area contributed by atoms with E-state index in [9.17, 15) is 39.0 Å². The number of ketones is 2. The summed E-state index contributed by atoms with van der Waals surface area (Å²) >= 11 is 0. The third-order valence-corrected chi connectivity index (χ3v) is 10.3. The first-order valence-electron chi connectivity index (χ1n) is 14.4. The Kier molecular flexibility index (Phi) is 8.80. The number of rotatable bonds is 11. The summed E-state index contributed by atoms with van der Waals surface area (Å²) < 4.78 is 5.08. The van der Waals surface area contributed by atoms with Crippen molar-refractivity contribution in [3.8, 4) is 0 Å². The van der Waals surface area contributed by atoms with Crippen molar-refractivity contribution in [3.63, 3.8) is 0 Å². The van der Waals surface area contributed by atoms with Crippen molar-refractivity contribution < 1.29 is 53.9 Å². The Balaban J connectivity index is 1.35. The van der Waals surface area contributed by atoms with Gasteiger partial charge < -0.3 is 30.5 Å². The molecule has 0 aromatic rings. The zero-order chi connectivity index (χ0) is 31.0. The van der Waals surface area contributed by atoms with Crippen LogP contribution in [0.1, 0.15) is 71.6 Å². The molecule has 0 aliphatic heterocycles. The van der Waals surface area contributed by atoms with Crippen molar-refractivity contribution in [2.24, 2.45) is 28.6 Å². The fraction of sp³-hybridized carbons (Fsp3) is 0.667. The number of hydrogen-bond donors (Lipinski definition) is 5. The number of ether oxygens (including phenoxy) is 1. The van der Waals surface area contributed by atoms with E-state index in [4.69, 9.17) is 14.9 Å². The molecule has 0 radical (unpaired) electrons. The predicted molar refractivity (Wildman–Crippen MR) is 145 cm³/mol. The van der Waals surface area contributed by atoms with Gasteiger partial charge in [0, 0.05) is 29.6 Å². The molecule has 4 aliphatic carbocycles. The molecule has 4 aliphatic rings. The van der Waals surface area contributed by atoms with Gasteiger partial charge in [-0.15, -0.1) is 0 Å². The fourth-order valence-corrected chi connectivity index (χ4v) is 8.13. The molecule has 4 rings (SSSR count). The second-order valence-corrected chi connectivity index (χ2v) is 12.6. The maximum atomic E-state index is 13.4. The van der Waals surface area contributed by atoms with Gasteiger partial charge in [-0.05, 0) is 62.5 Å². The van der Waals surface area contributed by atoms with Crippen molar-refractivity contribution in [1.82, 2.24) is 5.32 Å². The zero-order valence-electron chi connectivity index (χ0n) is 23.8. The number of hydrogen-bond acceptors (Lipinski definition) is 9. The molecule has 42 heavy (non-hydrogen) atoms. The standard InChI is InChI=1S/C30H39NO11/c1-28-11-9-17(32)13-16(28)3-4-18-19-10-12-30(41,29(19,2)14-21(33)26(18)28)22(34)15-42-25(38)8-6-23(35)31-20(27(39)40)5-7-24(36)37/h9,11,13,18-21,26,33,41H,3-8,10,12,14-15H2,1-2H3,(H,31,35)(H,36,37)(H,39,40)/t18-,19-,20+,21+,26+,28+,29+,30+/m1/s1. The molecule has 3 saturated carbocycles. The Bertz CT molecular complexity index is 1240. The van der Waals surface area contributed by atoms with E-state index in [1.807, 2.05) is 19.9 Å². The maximum absolute atomic E-state index is 13.4. The Labute approximate surface area is 243 Å². The van der Waals surface area contributed by atoms with Crippen LogP contribution in [0.4, 0.5) is 0 Å². The van der Waals surface area contributed by atoms with Crippen LogP contribution in [0.2, 0.25) is 0 Å². The molecule has 0 spiro atoms. The number of amides is 1. The van der Waals surface area contributed by atoms with E-state index in [-0.39, 0.29) is 42.8 Å². The topological polar surface area (TPSA) is 205 Å². The molecule has 8 atom stereocenters. The average molecular weight is 590 g/mol. The number of Topliss-reactive ketones (excluding diaryl/α,β-unsaturated/α-hetero) is 1. The van der Waals surface area contributed by atoms with Crippen molar-refractivity contribution in [2.45, 2.75) is 89.4 Å². The lowest BCUT2D eigenvalue weighted by Crippen LogP contribution is -2.61. The summed E-state index contributed by atoms with van der Waals surface area (Å²) in [6.45, 7) is 3.13. The summed E-state index contributed by atoms with van der Waals surface area (Å²) in [4.78, 5) is 71.7. The fourth-order valence-electron chi connectivity index (χ4n) is 8.13. The molecule has 0 unspecified atom stereocenters. The highest BCUT2D eigenvalue weighted by molar-refractivity contribution is 6.01. The van der Waals surface area contributed by atoms with Gasteiger partial charge in [-0.3, -0.25) is 24.0 Å². The summed E-state index contributed by atoms with van der Waals surface area (Å²) in [7, 11) is 0. The number of aliphatic carboxylic acids is 2. The van der Waals surface area contributed by atoms with Crippen LogP contribution in [0, 0.1) is 28.6 Å². The van der Waals surface area contributed by atoms with Gasteiger partial charge in [-0.1, -0.05) is 25.5 Å². The number of allylic oxidation sites excluding steroid dienone is 4. The quantitative estimate of drug-likeness (QED) is 0.217. The molecule has 0 bridgehead atoms. The second kappa shape index (κ2) is 11.7. The van der Waals surface area contributed by atoms with Gasteiger partial charge in [0.15, 0.2) is 12.4 Å². The van der Waals surface area contributed by atoms with Crippen LogP contribution < -0.4 is 5.32 Å². The molecule has 230 valence electrons. The number of fused-ring (bicyclic) bond motifs is 5. The van der Waals surface area contributed by atoms with Gasteiger partial charge in [0.1, 0.15) is 11.6 Å². The highest BCUT2D eigenvalue weighted by Gasteiger charge is 2.68. The Morgan fingerprint density at radius 3 is 2.48 bits per heavy atom. The lowest BCUT2D eigenvalue weighted by molar-refractivity contribution is -0.181. The number of aliphatic hydroxyl groups excluding tert-OH is 1. The minimum Gasteiger partial charge on any atom is -0.481 e. The summed E-state index contributed by atoms with van der Waals surface area (Å²) in [5, 5.41) is 43.2. The lowest BCUT2D eigenvalue weighted by Gasteiger charge is -2.59. The van der Waals surface area contributed by atoms with Crippen LogP contribution >= 0.6 is 0 Å². The van der Waals surface area contributed by atoms with Crippen molar-refractivity contribution in [1.29, 1.82) is 0 Å². The lowest BCUT2D eigenvalue weighted by atomic mass is 9.46. The minimum absolute atomic E-state index is 0.0202. The average Bonchev–Trinajstić information content (AvgIpc) is 3.19. The van der Waals surface area contributed by atoms with Crippen LogP contribution in [0.5, 0.6) is 0 Å². The first-order valence-corrected chi connectivity index (χ1v) is 14.4. The smallest absolute Gasteiger partial charge is 0.326 e. The van der Waals surface area contributed by atoms with Crippen LogP contribution in [0.25, 0.3) is 0 Å². The van der Waals surface area contributed by atoms with Gasteiger partial charge in [0.2, 0.25) is 11.7 Å². The normalized spacial score (nSPS) is 35.6. The van der Waals surface area contributed by atoms with E-state index in [0.29, 0.717) is 12.8 Å². The zero-order valence-corrected chi connectivity index (χ0v) is 23.8. The number of aliphatic hydroxyl groups is 2. The summed E-state index contributed by atoms with van der Waals surface area (Å²) in [6.07, 6.45) is 4.91. The van der Waals surface area contributed by atoms with E-state index in [2.05, 4.69) is 5.32 Å². The van der Waals surface area contributed by atoms with Crippen molar-refractivity contribution >= 4 is 35.4 Å². The Morgan fingerprint density at radius 2 is 1.81 bits per heavy atom. The van der Waals surface area contributed by atoms with Crippen LogP contribution in [-0.2, 0) is 33.5 Å². The molecular weight excluding hydrogens is 550 g/mol. The molecule has 0 aromatic carbocycles. The van der Waals surface area contributed by atoms with Crippen molar-refractivity contribution in [2.75, 3.05) is 6.61 Å². The number of carbonyl (C=O) groups excluding carboxylic acids is 4. The van der Waals surface area contributed by atoms with Crippen molar-refractivity contribution in [3.05, 3.63) is 23.8 Å². The summed E-state index contributed by atoms with van der Waals surface area (Å²) in [5.41, 5.74) is -2.26. The SMILES string of the molecule is C[C@]12C=CC(=O)C=C1CC[C@H]1[C@H]2[C@@H](O)C[C@@]2(C)[C@@H]1CC[C@]2(O)C(=O)COC(=O)CCC(=O)N[C@@H](CCC(=O)O)C(=O)O. The summed E-state index contributed by atoms with van der Waals surface area (Å²) in [5.74, 6) is -5.24. The van der Waals surface area contributed by atoms with Gasteiger partial charge >= 0.3 is 17.9 Å².